The number of aromatic nitrogens is 1. The van der Waals surface area contributed by atoms with Gasteiger partial charge in [-0.2, -0.15) is 0 Å². The molecule has 0 aliphatic carbocycles. The van der Waals surface area contributed by atoms with Crippen LogP contribution in [0.4, 0.5) is 0 Å². The van der Waals surface area contributed by atoms with Gasteiger partial charge in [-0.1, -0.05) is 78.9 Å². The van der Waals surface area contributed by atoms with E-state index in [1.165, 1.54) is 16.5 Å². The Bertz CT molecular complexity index is 979. The topological polar surface area (TPSA) is 48.0 Å². The molecule has 0 spiro atoms. The zero-order chi connectivity index (χ0) is 18.5. The number of hydrogen-bond donors (Lipinski definition) is 3. The third-order valence-electron chi connectivity index (χ3n) is 5.07. The summed E-state index contributed by atoms with van der Waals surface area (Å²) in [4.78, 5) is 3.39. The van der Waals surface area contributed by atoms with Gasteiger partial charge in [0.1, 0.15) is 0 Å². The van der Waals surface area contributed by atoms with Crippen LogP contribution in [0, 0.1) is 0 Å². The lowest BCUT2D eigenvalue weighted by Crippen LogP contribution is -2.27. The van der Waals surface area contributed by atoms with Crippen LogP contribution >= 0.6 is 0 Å². The van der Waals surface area contributed by atoms with Gasteiger partial charge in [0.05, 0.1) is 6.10 Å². The van der Waals surface area contributed by atoms with E-state index in [2.05, 4.69) is 65.0 Å². The fourth-order valence-corrected chi connectivity index (χ4v) is 3.63. The lowest BCUT2D eigenvalue weighted by atomic mass is 9.91. The Labute approximate surface area is 159 Å². The molecule has 0 radical (unpaired) electrons. The molecule has 27 heavy (non-hydrogen) atoms. The molecule has 0 fully saturated rings. The van der Waals surface area contributed by atoms with E-state index in [4.69, 9.17) is 0 Å². The number of H-pyrrole nitrogens is 1. The Balaban J connectivity index is 1.54. The summed E-state index contributed by atoms with van der Waals surface area (Å²) < 4.78 is 0. The highest BCUT2D eigenvalue weighted by Crippen LogP contribution is 2.30. The summed E-state index contributed by atoms with van der Waals surface area (Å²) in [7, 11) is 0. The normalized spacial score (nSPS) is 13.5. The van der Waals surface area contributed by atoms with Crippen LogP contribution in [0.25, 0.3) is 10.9 Å². The van der Waals surface area contributed by atoms with Crippen LogP contribution in [0.2, 0.25) is 0 Å². The summed E-state index contributed by atoms with van der Waals surface area (Å²) in [6.07, 6.45) is 1.60. The molecule has 0 aliphatic heterocycles. The lowest BCUT2D eigenvalue weighted by molar-refractivity contribution is 0.174. The fraction of sp³-hybridized carbons (Fsp3) is 0.167. The molecule has 136 valence electrons. The lowest BCUT2D eigenvalue weighted by Gasteiger charge is -2.20. The number of benzene rings is 3. The fourth-order valence-electron chi connectivity index (χ4n) is 3.63. The first-order valence-electron chi connectivity index (χ1n) is 9.37. The molecule has 3 N–H and O–H groups in total. The molecule has 3 aromatic carbocycles. The monoisotopic (exact) mass is 356 g/mol. The highest BCUT2D eigenvalue weighted by Gasteiger charge is 2.18. The highest BCUT2D eigenvalue weighted by molar-refractivity contribution is 5.84. The quantitative estimate of drug-likeness (QED) is 0.452. The molecule has 2 atom stereocenters. The van der Waals surface area contributed by atoms with Gasteiger partial charge in [0.25, 0.3) is 0 Å². The van der Waals surface area contributed by atoms with Crippen LogP contribution in [-0.4, -0.2) is 23.2 Å². The average Bonchev–Trinajstić information content (AvgIpc) is 3.16. The summed E-state index contributed by atoms with van der Waals surface area (Å²) in [5.74, 6) is 0.213. The predicted octanol–water partition coefficient (Wildman–Crippen LogP) is 4.62. The Morgan fingerprint density at radius 2 is 1.37 bits per heavy atom. The second-order valence-corrected chi connectivity index (χ2v) is 6.84. The number of aliphatic hydroxyl groups is 1. The Morgan fingerprint density at radius 1 is 0.741 bits per heavy atom. The van der Waals surface area contributed by atoms with Crippen molar-refractivity contribution in [2.45, 2.75) is 12.0 Å². The van der Waals surface area contributed by atoms with Gasteiger partial charge in [0.15, 0.2) is 0 Å². The second kappa shape index (κ2) is 8.21. The van der Waals surface area contributed by atoms with Crippen molar-refractivity contribution in [1.82, 2.24) is 10.3 Å². The molecule has 0 bridgehead atoms. The third kappa shape index (κ3) is 3.95. The first-order chi connectivity index (χ1) is 13.3. The Kier molecular flexibility index (Phi) is 5.33. The number of fused-ring (bicyclic) bond motifs is 1. The van der Waals surface area contributed by atoms with Gasteiger partial charge < -0.3 is 15.4 Å². The van der Waals surface area contributed by atoms with Gasteiger partial charge in [0, 0.05) is 36.1 Å². The second-order valence-electron chi connectivity index (χ2n) is 6.84. The maximum atomic E-state index is 10.4. The van der Waals surface area contributed by atoms with Gasteiger partial charge in [0.2, 0.25) is 0 Å². The van der Waals surface area contributed by atoms with Crippen molar-refractivity contribution in [3.8, 4) is 0 Å². The maximum absolute atomic E-state index is 10.4. The minimum Gasteiger partial charge on any atom is -0.387 e. The number of rotatable bonds is 7. The number of nitrogens with one attached hydrogen (secondary N) is 2. The smallest absolute Gasteiger partial charge is 0.0914 e. The summed E-state index contributed by atoms with van der Waals surface area (Å²) in [5, 5.41) is 15.2. The van der Waals surface area contributed by atoms with Crippen molar-refractivity contribution in [2.24, 2.45) is 0 Å². The molecule has 4 aromatic rings. The average molecular weight is 356 g/mol. The minimum atomic E-state index is -0.509. The highest BCUT2D eigenvalue weighted by atomic mass is 16.3. The number of aromatic amines is 1. The molecule has 0 aliphatic rings. The molecule has 4 rings (SSSR count). The van der Waals surface area contributed by atoms with Crippen molar-refractivity contribution in [3.05, 3.63) is 108 Å². The van der Waals surface area contributed by atoms with Gasteiger partial charge in [-0.05, 0) is 22.8 Å². The van der Waals surface area contributed by atoms with Gasteiger partial charge in [-0.25, -0.2) is 0 Å². The molecule has 0 saturated carbocycles. The van der Waals surface area contributed by atoms with Crippen LogP contribution in [0.5, 0.6) is 0 Å². The Hall–Kier alpha value is -2.88. The van der Waals surface area contributed by atoms with Crippen LogP contribution < -0.4 is 5.32 Å². The van der Waals surface area contributed by atoms with E-state index in [1.807, 2.05) is 36.4 Å². The van der Waals surface area contributed by atoms with Crippen molar-refractivity contribution >= 4 is 10.9 Å². The Morgan fingerprint density at radius 3 is 2.11 bits per heavy atom. The summed E-state index contributed by atoms with van der Waals surface area (Å²) in [6.45, 7) is 1.28. The number of aliphatic hydroxyl groups excluding tert-OH is 1. The van der Waals surface area contributed by atoms with Crippen molar-refractivity contribution < 1.29 is 5.11 Å². The summed E-state index contributed by atoms with van der Waals surface area (Å²) in [5.41, 5.74) is 4.63. The standard InChI is InChI=1S/C24H24N2O/c27-24(19-11-5-2-6-12-19)17-25-15-21(18-9-3-1-4-10-18)22-16-26-23-14-8-7-13-20(22)23/h1-14,16,21,24-27H,15,17H2/t21-,24+/m1/s1. The zero-order valence-corrected chi connectivity index (χ0v) is 15.2. The van der Waals surface area contributed by atoms with Gasteiger partial charge >= 0.3 is 0 Å². The van der Waals surface area contributed by atoms with E-state index in [9.17, 15) is 5.11 Å². The van der Waals surface area contributed by atoms with Crippen LogP contribution in [0.1, 0.15) is 28.7 Å². The van der Waals surface area contributed by atoms with Crippen molar-refractivity contribution in [3.63, 3.8) is 0 Å². The molecule has 0 unspecified atom stereocenters. The van der Waals surface area contributed by atoms with Gasteiger partial charge in [-0.15, -0.1) is 0 Å². The van der Waals surface area contributed by atoms with E-state index in [0.29, 0.717) is 6.54 Å². The number of para-hydroxylation sites is 1. The molecular formula is C24H24N2O. The van der Waals surface area contributed by atoms with Crippen LogP contribution in [-0.2, 0) is 0 Å². The molecule has 3 nitrogen and oxygen atoms in total. The predicted molar refractivity (Wildman–Crippen MR) is 111 cm³/mol. The van der Waals surface area contributed by atoms with E-state index in [1.54, 1.807) is 0 Å². The molecule has 0 amide bonds. The number of hydrogen-bond acceptors (Lipinski definition) is 2. The van der Waals surface area contributed by atoms with E-state index < -0.39 is 6.10 Å². The molecule has 0 saturated heterocycles. The zero-order valence-electron chi connectivity index (χ0n) is 15.2. The maximum Gasteiger partial charge on any atom is 0.0914 e. The molecule has 1 aromatic heterocycles. The van der Waals surface area contributed by atoms with Crippen LogP contribution in [0.15, 0.2) is 91.1 Å². The van der Waals surface area contributed by atoms with E-state index >= 15 is 0 Å². The molecule has 1 heterocycles. The third-order valence-corrected chi connectivity index (χ3v) is 5.07. The SMILES string of the molecule is O[C@@H](CNC[C@H](c1ccccc1)c1c[nH]c2ccccc12)c1ccccc1. The molecular weight excluding hydrogens is 332 g/mol. The minimum absolute atomic E-state index is 0.213. The molecule has 3 heteroatoms. The first kappa shape index (κ1) is 17.5. The van der Waals surface area contributed by atoms with E-state index in [0.717, 1.165) is 17.6 Å². The van der Waals surface area contributed by atoms with Crippen molar-refractivity contribution in [2.75, 3.05) is 13.1 Å². The summed E-state index contributed by atoms with van der Waals surface area (Å²) >= 11 is 0. The first-order valence-corrected chi connectivity index (χ1v) is 9.37. The summed E-state index contributed by atoms with van der Waals surface area (Å²) in [6, 6.07) is 28.7. The van der Waals surface area contributed by atoms with E-state index in [-0.39, 0.29) is 5.92 Å². The van der Waals surface area contributed by atoms with Gasteiger partial charge in [-0.3, -0.25) is 0 Å². The largest absolute Gasteiger partial charge is 0.387 e. The van der Waals surface area contributed by atoms with Crippen LogP contribution in [0.3, 0.4) is 0 Å². The van der Waals surface area contributed by atoms with Crippen molar-refractivity contribution in [1.29, 1.82) is 0 Å².